The van der Waals surface area contributed by atoms with Crippen LogP contribution in [-0.4, -0.2) is 47.5 Å². The maximum absolute atomic E-state index is 13.8. The van der Waals surface area contributed by atoms with E-state index in [1.807, 2.05) is 0 Å². The van der Waals surface area contributed by atoms with Gasteiger partial charge in [-0.05, 0) is 6.92 Å². The highest BCUT2D eigenvalue weighted by atomic mass is 19.4. The lowest BCUT2D eigenvalue weighted by Crippen LogP contribution is -2.73. The van der Waals surface area contributed by atoms with Gasteiger partial charge in [0, 0.05) is 5.56 Å². The molecule has 0 spiro atoms. The summed E-state index contributed by atoms with van der Waals surface area (Å²) in [6, 6.07) is 2.22. The Morgan fingerprint density at radius 3 is 1.23 bits per heavy atom. The van der Waals surface area contributed by atoms with Crippen molar-refractivity contribution in [3.8, 4) is 0 Å². The van der Waals surface area contributed by atoms with Crippen molar-refractivity contribution in [1.29, 1.82) is 0 Å². The Morgan fingerprint density at radius 2 is 0.871 bits per heavy atom. The second-order valence-electron chi connectivity index (χ2n) is 6.14. The van der Waals surface area contributed by atoms with Gasteiger partial charge in [0.25, 0.3) is 0 Å². The first-order valence-electron chi connectivity index (χ1n) is 7.36. The molecule has 0 saturated heterocycles. The molecule has 0 atom stereocenters. The number of halogens is 15. The molecule has 0 amide bonds. The summed E-state index contributed by atoms with van der Waals surface area (Å²) >= 11 is 0. The fraction of sp³-hybridized carbons (Fsp3) is 0.533. The van der Waals surface area contributed by atoms with Crippen molar-refractivity contribution in [3.05, 3.63) is 35.4 Å². The average molecular weight is 488 g/mol. The largest absolute Gasteiger partial charge is 0.460 e. The zero-order chi connectivity index (χ0) is 25.1. The lowest BCUT2D eigenvalue weighted by atomic mass is 9.88. The Kier molecular flexibility index (Phi) is 6.23. The van der Waals surface area contributed by atoms with E-state index in [0.29, 0.717) is 12.1 Å². The summed E-state index contributed by atoms with van der Waals surface area (Å²) in [5, 5.41) is 0. The molecule has 0 unspecified atom stereocenters. The lowest BCUT2D eigenvalue weighted by molar-refractivity contribution is -0.449. The smallest absolute Gasteiger partial charge is 0.287 e. The summed E-state index contributed by atoms with van der Waals surface area (Å²) in [6.45, 7) is 1.26. The Labute approximate surface area is 161 Å². The Bertz CT molecular complexity index is 820. The van der Waals surface area contributed by atoms with E-state index in [-0.39, 0.29) is 5.56 Å². The van der Waals surface area contributed by atoms with Gasteiger partial charge < -0.3 is 0 Å². The van der Waals surface area contributed by atoms with Gasteiger partial charge in [-0.3, -0.25) is 4.79 Å². The van der Waals surface area contributed by atoms with Gasteiger partial charge >= 0.3 is 41.7 Å². The second-order valence-corrected chi connectivity index (χ2v) is 6.14. The summed E-state index contributed by atoms with van der Waals surface area (Å²) in [5.41, 5.74) is -1.32. The van der Waals surface area contributed by atoms with Crippen LogP contribution in [0.3, 0.4) is 0 Å². The zero-order valence-electron chi connectivity index (χ0n) is 14.4. The van der Waals surface area contributed by atoms with Crippen LogP contribution >= 0.6 is 0 Å². The van der Waals surface area contributed by atoms with Crippen molar-refractivity contribution in [2.75, 3.05) is 0 Å². The van der Waals surface area contributed by atoms with Crippen LogP contribution in [0.4, 0.5) is 65.9 Å². The fourth-order valence-corrected chi connectivity index (χ4v) is 2.00. The fourth-order valence-electron chi connectivity index (χ4n) is 2.00. The van der Waals surface area contributed by atoms with Crippen molar-refractivity contribution in [2.24, 2.45) is 0 Å². The topological polar surface area (TPSA) is 17.1 Å². The predicted octanol–water partition coefficient (Wildman–Crippen LogP) is 6.55. The summed E-state index contributed by atoms with van der Waals surface area (Å²) in [6.07, 6.45) is -7.68. The highest BCUT2D eigenvalue weighted by molar-refractivity contribution is 6.02. The quantitative estimate of drug-likeness (QED) is 0.314. The normalized spacial score (nSPS) is 15.2. The highest BCUT2D eigenvalue weighted by Crippen LogP contribution is 2.62. The number of rotatable bonds is 7. The molecule has 0 radical (unpaired) electrons. The first-order chi connectivity index (χ1) is 13.4. The third-order valence-corrected chi connectivity index (χ3v) is 3.93. The number of Topliss-reactive ketones (excluding diaryl/α,β-unsaturated/α-hetero) is 1. The first kappa shape index (κ1) is 26.9. The second kappa shape index (κ2) is 7.18. The number of alkyl halides is 15. The third-order valence-electron chi connectivity index (χ3n) is 3.93. The van der Waals surface area contributed by atoms with Crippen molar-refractivity contribution in [2.45, 2.75) is 48.6 Å². The SMILES string of the molecule is Cc1ccc(C(=O)C(F)(F)C(F)(F)C(F)(F)C(F)(F)C(F)(F)C(F)(F)C(F)(F)F)cc1. The Balaban J connectivity index is 3.60. The minimum absolute atomic E-state index is 0.192. The molecule has 0 aliphatic rings. The summed E-state index contributed by atoms with van der Waals surface area (Å²) in [7, 11) is 0. The number of carbonyl (C=O) groups is 1. The van der Waals surface area contributed by atoms with Gasteiger partial charge in [0.1, 0.15) is 0 Å². The third kappa shape index (κ3) is 3.60. The maximum atomic E-state index is 13.8. The van der Waals surface area contributed by atoms with Crippen LogP contribution in [0.15, 0.2) is 24.3 Å². The standard InChI is InChI=1S/C15H7F15O/c1-6-2-4-7(5-3-6)8(31)9(16,17)10(18,19)11(20,21)12(22,23)13(24,25)14(26,27)15(28,29)30/h2-5H,1H3. The number of aryl methyl sites for hydroxylation is 1. The molecule has 0 heterocycles. The molecule has 1 nitrogen and oxygen atoms in total. The van der Waals surface area contributed by atoms with E-state index < -0.39 is 53.1 Å². The number of benzene rings is 1. The van der Waals surface area contributed by atoms with Gasteiger partial charge in [0.15, 0.2) is 0 Å². The van der Waals surface area contributed by atoms with Crippen LogP contribution in [0.2, 0.25) is 0 Å². The summed E-state index contributed by atoms with van der Waals surface area (Å²) in [5.74, 6) is -51.2. The molecular weight excluding hydrogens is 481 g/mol. The molecule has 0 aliphatic heterocycles. The van der Waals surface area contributed by atoms with E-state index in [4.69, 9.17) is 0 Å². The first-order valence-corrected chi connectivity index (χ1v) is 7.36. The van der Waals surface area contributed by atoms with E-state index in [1.54, 1.807) is 0 Å². The average Bonchev–Trinajstić information content (AvgIpc) is 2.59. The molecule has 178 valence electrons. The molecule has 0 bridgehead atoms. The van der Waals surface area contributed by atoms with Crippen molar-refractivity contribution >= 4 is 5.78 Å². The van der Waals surface area contributed by atoms with Gasteiger partial charge in [-0.1, -0.05) is 29.8 Å². The molecular formula is C15H7F15O. The van der Waals surface area contributed by atoms with Crippen molar-refractivity contribution in [3.63, 3.8) is 0 Å². The van der Waals surface area contributed by atoms with Crippen LogP contribution in [0.25, 0.3) is 0 Å². The van der Waals surface area contributed by atoms with E-state index in [9.17, 15) is 70.7 Å². The van der Waals surface area contributed by atoms with E-state index in [0.717, 1.165) is 12.1 Å². The lowest BCUT2D eigenvalue weighted by Gasteiger charge is -2.41. The molecule has 16 heteroatoms. The number of hydrogen-bond acceptors (Lipinski definition) is 1. The van der Waals surface area contributed by atoms with E-state index in [1.165, 1.54) is 6.92 Å². The molecule has 0 saturated carbocycles. The van der Waals surface area contributed by atoms with E-state index >= 15 is 0 Å². The molecule has 1 rings (SSSR count). The minimum Gasteiger partial charge on any atom is -0.287 e. The maximum Gasteiger partial charge on any atom is 0.460 e. The molecule has 0 aliphatic carbocycles. The molecule has 1 aromatic carbocycles. The summed E-state index contributed by atoms with van der Waals surface area (Å²) in [4.78, 5) is 11.5. The zero-order valence-corrected chi connectivity index (χ0v) is 14.4. The molecule has 0 N–H and O–H groups in total. The summed E-state index contributed by atoms with van der Waals surface area (Å²) < 4.78 is 196. The van der Waals surface area contributed by atoms with Crippen LogP contribution in [0.5, 0.6) is 0 Å². The number of ketones is 1. The molecule has 31 heavy (non-hydrogen) atoms. The van der Waals surface area contributed by atoms with Gasteiger partial charge in [-0.25, -0.2) is 0 Å². The highest BCUT2D eigenvalue weighted by Gasteiger charge is 2.93. The Morgan fingerprint density at radius 1 is 0.548 bits per heavy atom. The van der Waals surface area contributed by atoms with Crippen molar-refractivity contribution in [1.82, 2.24) is 0 Å². The molecule has 1 aromatic rings. The number of carbonyl (C=O) groups excluding carboxylic acids is 1. The van der Waals surface area contributed by atoms with Gasteiger partial charge in [0.05, 0.1) is 0 Å². The van der Waals surface area contributed by atoms with Crippen LogP contribution in [0, 0.1) is 6.92 Å². The van der Waals surface area contributed by atoms with Gasteiger partial charge in [-0.2, -0.15) is 65.9 Å². The van der Waals surface area contributed by atoms with Gasteiger partial charge in [0.2, 0.25) is 5.78 Å². The number of hydrogen-bond donors (Lipinski definition) is 0. The van der Waals surface area contributed by atoms with Crippen LogP contribution in [0.1, 0.15) is 15.9 Å². The Hall–Kier alpha value is -2.16. The van der Waals surface area contributed by atoms with E-state index in [2.05, 4.69) is 0 Å². The van der Waals surface area contributed by atoms with Gasteiger partial charge in [-0.15, -0.1) is 0 Å². The monoisotopic (exact) mass is 488 g/mol. The van der Waals surface area contributed by atoms with Crippen molar-refractivity contribution < 1.29 is 70.7 Å². The minimum atomic E-state index is -8.42. The molecule has 0 fully saturated rings. The predicted molar refractivity (Wildman–Crippen MR) is 71.2 cm³/mol. The van der Waals surface area contributed by atoms with Crippen LogP contribution in [-0.2, 0) is 0 Å². The van der Waals surface area contributed by atoms with Crippen LogP contribution < -0.4 is 0 Å². The molecule has 0 aromatic heterocycles.